The summed E-state index contributed by atoms with van der Waals surface area (Å²) in [6.07, 6.45) is 1.05. The number of halogens is 1. The summed E-state index contributed by atoms with van der Waals surface area (Å²) in [5.41, 5.74) is 4.97. The van der Waals surface area contributed by atoms with Crippen molar-refractivity contribution in [3.05, 3.63) is 100 Å². The summed E-state index contributed by atoms with van der Waals surface area (Å²) in [6, 6.07) is 22.7. The Morgan fingerprint density at radius 2 is 1.82 bits per heavy atom. The van der Waals surface area contributed by atoms with E-state index < -0.39 is 0 Å². The Morgan fingerprint density at radius 3 is 2.62 bits per heavy atom. The quantitative estimate of drug-likeness (QED) is 0.385. The molecule has 2 amide bonds. The van der Waals surface area contributed by atoms with Crippen molar-refractivity contribution in [1.29, 1.82) is 0 Å². The van der Waals surface area contributed by atoms with Crippen LogP contribution in [0.4, 0.5) is 11.4 Å². The van der Waals surface area contributed by atoms with Crippen molar-refractivity contribution >= 4 is 34.8 Å². The van der Waals surface area contributed by atoms with Gasteiger partial charge in [-0.25, -0.2) is 0 Å². The molecular formula is C27H22ClN3O3. The maximum absolute atomic E-state index is 13.2. The Morgan fingerprint density at radius 1 is 1.06 bits per heavy atom. The van der Waals surface area contributed by atoms with Gasteiger partial charge in [-0.1, -0.05) is 65.3 Å². The predicted octanol–water partition coefficient (Wildman–Crippen LogP) is 6.04. The molecule has 6 nitrogen and oxygen atoms in total. The van der Waals surface area contributed by atoms with E-state index in [1.807, 2.05) is 60.7 Å². The molecule has 0 unspecified atom stereocenters. The second-order valence-electron chi connectivity index (χ2n) is 8.21. The molecule has 3 aromatic carbocycles. The lowest BCUT2D eigenvalue weighted by Crippen LogP contribution is -2.34. The molecule has 1 N–H and O–H groups in total. The highest BCUT2D eigenvalue weighted by Crippen LogP contribution is 2.34. The first-order valence-corrected chi connectivity index (χ1v) is 11.4. The van der Waals surface area contributed by atoms with Crippen LogP contribution in [0.25, 0.3) is 11.3 Å². The Labute approximate surface area is 202 Å². The fraction of sp³-hybridized carbons (Fsp3) is 0.148. The first kappa shape index (κ1) is 21.9. The summed E-state index contributed by atoms with van der Waals surface area (Å²) in [7, 11) is 0. The molecule has 2 heterocycles. The van der Waals surface area contributed by atoms with E-state index in [4.69, 9.17) is 16.1 Å². The number of aryl methyl sites for hydroxylation is 2. The number of hydrogen-bond donors (Lipinski definition) is 1. The molecule has 0 spiro atoms. The zero-order chi connectivity index (χ0) is 23.7. The second-order valence-corrected chi connectivity index (χ2v) is 8.61. The predicted molar refractivity (Wildman–Crippen MR) is 132 cm³/mol. The highest BCUT2D eigenvalue weighted by atomic mass is 35.5. The van der Waals surface area contributed by atoms with Gasteiger partial charge in [0.1, 0.15) is 17.0 Å². The lowest BCUT2D eigenvalue weighted by atomic mass is 9.99. The van der Waals surface area contributed by atoms with Gasteiger partial charge in [0.15, 0.2) is 0 Å². The van der Waals surface area contributed by atoms with Gasteiger partial charge in [0, 0.05) is 23.4 Å². The van der Waals surface area contributed by atoms with Gasteiger partial charge >= 0.3 is 0 Å². The number of amides is 2. The van der Waals surface area contributed by atoms with Crippen LogP contribution in [0.15, 0.2) is 77.3 Å². The SMILES string of the molecule is Cc1onc(-c2ccccc2Cl)c1C(=O)Nc1ccc2c(c1)CCC(=O)N2Cc1ccccc1. The number of anilines is 2. The molecule has 0 radical (unpaired) electrons. The lowest BCUT2D eigenvalue weighted by Gasteiger charge is -2.30. The summed E-state index contributed by atoms with van der Waals surface area (Å²) in [4.78, 5) is 27.7. The van der Waals surface area contributed by atoms with Gasteiger partial charge in [-0.3, -0.25) is 9.59 Å². The summed E-state index contributed by atoms with van der Waals surface area (Å²) < 4.78 is 5.32. The molecule has 7 heteroatoms. The number of nitrogens with one attached hydrogen (secondary N) is 1. The molecule has 5 rings (SSSR count). The van der Waals surface area contributed by atoms with E-state index >= 15 is 0 Å². The number of benzene rings is 3. The minimum absolute atomic E-state index is 0.0950. The van der Waals surface area contributed by atoms with Crippen molar-refractivity contribution in [1.82, 2.24) is 5.16 Å². The van der Waals surface area contributed by atoms with Crippen LogP contribution in [0, 0.1) is 6.92 Å². The van der Waals surface area contributed by atoms with E-state index in [-0.39, 0.29) is 11.8 Å². The molecule has 1 aliphatic heterocycles. The number of fused-ring (bicyclic) bond motifs is 1. The zero-order valence-corrected chi connectivity index (χ0v) is 19.3. The molecule has 170 valence electrons. The van der Waals surface area contributed by atoms with Gasteiger partial charge in [0.2, 0.25) is 5.91 Å². The number of hydrogen-bond acceptors (Lipinski definition) is 4. The minimum atomic E-state index is -0.332. The maximum Gasteiger partial charge on any atom is 0.261 e. The number of rotatable bonds is 5. The third-order valence-electron chi connectivity index (χ3n) is 5.94. The Kier molecular flexibility index (Phi) is 5.90. The van der Waals surface area contributed by atoms with Crippen molar-refractivity contribution in [2.75, 3.05) is 10.2 Å². The third-order valence-corrected chi connectivity index (χ3v) is 6.27. The Balaban J connectivity index is 1.41. The lowest BCUT2D eigenvalue weighted by molar-refractivity contribution is -0.119. The van der Waals surface area contributed by atoms with Crippen molar-refractivity contribution < 1.29 is 14.1 Å². The average molecular weight is 472 g/mol. The molecule has 0 fully saturated rings. The van der Waals surface area contributed by atoms with Crippen LogP contribution in [-0.4, -0.2) is 17.0 Å². The van der Waals surface area contributed by atoms with Gasteiger partial charge in [-0.15, -0.1) is 0 Å². The van der Waals surface area contributed by atoms with Crippen molar-refractivity contribution in [3.8, 4) is 11.3 Å². The largest absolute Gasteiger partial charge is 0.360 e. The molecule has 0 atom stereocenters. The van der Waals surface area contributed by atoms with Crippen LogP contribution < -0.4 is 10.2 Å². The normalized spacial score (nSPS) is 13.0. The van der Waals surface area contributed by atoms with Crippen LogP contribution in [0.2, 0.25) is 5.02 Å². The average Bonchev–Trinajstić information content (AvgIpc) is 3.23. The smallest absolute Gasteiger partial charge is 0.261 e. The zero-order valence-electron chi connectivity index (χ0n) is 18.5. The number of nitrogens with zero attached hydrogens (tertiary/aromatic N) is 2. The number of carbonyl (C=O) groups is 2. The van der Waals surface area contributed by atoms with Crippen LogP contribution in [-0.2, 0) is 17.8 Å². The van der Waals surface area contributed by atoms with Crippen LogP contribution >= 0.6 is 11.6 Å². The molecule has 0 saturated heterocycles. The van der Waals surface area contributed by atoms with Crippen LogP contribution in [0.1, 0.15) is 33.7 Å². The van der Waals surface area contributed by atoms with E-state index in [1.165, 1.54) is 0 Å². The van der Waals surface area contributed by atoms with Crippen LogP contribution in [0.5, 0.6) is 0 Å². The monoisotopic (exact) mass is 471 g/mol. The van der Waals surface area contributed by atoms with Gasteiger partial charge < -0.3 is 14.7 Å². The van der Waals surface area contributed by atoms with E-state index in [2.05, 4.69) is 10.5 Å². The van der Waals surface area contributed by atoms with Gasteiger partial charge in [0.25, 0.3) is 5.91 Å². The first-order chi connectivity index (χ1) is 16.5. The summed E-state index contributed by atoms with van der Waals surface area (Å²) >= 11 is 6.32. The fourth-order valence-electron chi connectivity index (χ4n) is 4.25. The third kappa shape index (κ3) is 4.20. The molecule has 34 heavy (non-hydrogen) atoms. The highest BCUT2D eigenvalue weighted by molar-refractivity contribution is 6.33. The van der Waals surface area contributed by atoms with Gasteiger partial charge in [-0.05, 0) is 48.7 Å². The molecule has 0 bridgehead atoms. The minimum Gasteiger partial charge on any atom is -0.360 e. The van der Waals surface area contributed by atoms with Crippen molar-refractivity contribution in [2.45, 2.75) is 26.3 Å². The molecule has 0 saturated carbocycles. The Hall–Kier alpha value is -3.90. The molecule has 1 aromatic heterocycles. The second kappa shape index (κ2) is 9.15. The van der Waals surface area contributed by atoms with Crippen molar-refractivity contribution in [2.24, 2.45) is 0 Å². The van der Waals surface area contributed by atoms with E-state index in [9.17, 15) is 9.59 Å². The topological polar surface area (TPSA) is 75.4 Å². The Bertz CT molecular complexity index is 1380. The van der Waals surface area contributed by atoms with E-state index in [0.29, 0.717) is 52.7 Å². The molecule has 1 aliphatic rings. The molecular weight excluding hydrogens is 450 g/mol. The summed E-state index contributed by atoms with van der Waals surface area (Å²) in [6.45, 7) is 2.21. The summed E-state index contributed by atoms with van der Waals surface area (Å²) in [5.74, 6) is 0.171. The summed E-state index contributed by atoms with van der Waals surface area (Å²) in [5, 5.41) is 7.52. The molecule has 0 aliphatic carbocycles. The first-order valence-electron chi connectivity index (χ1n) is 11.0. The molecule has 4 aromatic rings. The van der Waals surface area contributed by atoms with E-state index in [1.54, 1.807) is 24.0 Å². The highest BCUT2D eigenvalue weighted by Gasteiger charge is 2.26. The van der Waals surface area contributed by atoms with E-state index in [0.717, 1.165) is 16.8 Å². The standard InChI is InChI=1S/C27H22ClN3O3/c1-17-25(26(30-34-17)21-9-5-6-10-22(21)28)27(33)29-20-12-13-23-19(15-20)11-14-24(32)31(23)16-18-7-3-2-4-8-18/h2-10,12-13,15H,11,14,16H2,1H3,(H,29,33). The van der Waals surface area contributed by atoms with Gasteiger partial charge in [0.05, 0.1) is 11.6 Å². The van der Waals surface area contributed by atoms with Crippen LogP contribution in [0.3, 0.4) is 0 Å². The maximum atomic E-state index is 13.2. The fourth-order valence-corrected chi connectivity index (χ4v) is 4.47. The number of carbonyl (C=O) groups excluding carboxylic acids is 2. The van der Waals surface area contributed by atoms with Crippen molar-refractivity contribution in [3.63, 3.8) is 0 Å². The van der Waals surface area contributed by atoms with Gasteiger partial charge in [-0.2, -0.15) is 0 Å². The number of aromatic nitrogens is 1.